The Morgan fingerprint density at radius 3 is 2.50 bits per heavy atom. The van der Waals surface area contributed by atoms with Crippen LogP contribution in [0.2, 0.25) is 0 Å². The number of hydrogen-bond acceptors (Lipinski definition) is 4. The zero-order valence-corrected chi connectivity index (χ0v) is 15.3. The smallest absolute Gasteiger partial charge is 0.161 e. The summed E-state index contributed by atoms with van der Waals surface area (Å²) in [6, 6.07) is 5.12. The summed E-state index contributed by atoms with van der Waals surface area (Å²) in [5.41, 5.74) is 2.83. The van der Waals surface area contributed by atoms with E-state index in [1.165, 1.54) is 49.9 Å². The molecule has 0 aromatic heterocycles. The van der Waals surface area contributed by atoms with Gasteiger partial charge in [-0.15, -0.1) is 0 Å². The third-order valence-electron chi connectivity index (χ3n) is 5.16. The highest BCUT2D eigenvalue weighted by Crippen LogP contribution is 2.34. The molecule has 2 aliphatic rings. The molecule has 0 unspecified atom stereocenters. The van der Waals surface area contributed by atoms with Crippen LogP contribution in [0.5, 0.6) is 11.5 Å². The van der Waals surface area contributed by atoms with Gasteiger partial charge in [0.15, 0.2) is 11.5 Å². The highest BCUT2D eigenvalue weighted by molar-refractivity contribution is 5.48. The minimum Gasteiger partial charge on any atom is -0.490 e. The number of nitrogens with one attached hydrogen (secondary N) is 1. The van der Waals surface area contributed by atoms with Crippen molar-refractivity contribution in [1.82, 2.24) is 10.2 Å². The molecular weight excluding hydrogens is 300 g/mol. The molecule has 134 valence electrons. The van der Waals surface area contributed by atoms with Crippen LogP contribution in [0.3, 0.4) is 0 Å². The van der Waals surface area contributed by atoms with Gasteiger partial charge in [-0.1, -0.05) is 6.42 Å². The lowest BCUT2D eigenvalue weighted by Gasteiger charge is -2.32. The predicted octanol–water partition coefficient (Wildman–Crippen LogP) is 3.37. The Morgan fingerprint density at radius 2 is 1.83 bits per heavy atom. The lowest BCUT2D eigenvalue weighted by Crippen LogP contribution is -2.39. The minimum atomic E-state index is 0.677. The molecular formula is C20H32N2O2. The maximum absolute atomic E-state index is 5.79. The molecule has 24 heavy (non-hydrogen) atoms. The van der Waals surface area contributed by atoms with Crippen molar-refractivity contribution in [2.24, 2.45) is 0 Å². The minimum absolute atomic E-state index is 0.677. The fourth-order valence-electron chi connectivity index (χ4n) is 3.86. The van der Waals surface area contributed by atoms with Crippen LogP contribution in [0, 0.1) is 0 Å². The summed E-state index contributed by atoms with van der Waals surface area (Å²) in [7, 11) is 0. The van der Waals surface area contributed by atoms with Crippen molar-refractivity contribution in [1.29, 1.82) is 0 Å². The third-order valence-corrected chi connectivity index (χ3v) is 5.16. The molecule has 0 amide bonds. The first-order chi connectivity index (χ1) is 11.8. The maximum atomic E-state index is 5.79. The van der Waals surface area contributed by atoms with Crippen LogP contribution in [-0.4, -0.2) is 43.8 Å². The molecule has 1 saturated heterocycles. The van der Waals surface area contributed by atoms with Crippen LogP contribution >= 0.6 is 0 Å². The molecule has 2 heterocycles. The first kappa shape index (κ1) is 17.6. The fourth-order valence-corrected chi connectivity index (χ4v) is 3.86. The van der Waals surface area contributed by atoms with E-state index in [0.717, 1.165) is 37.1 Å². The van der Waals surface area contributed by atoms with Gasteiger partial charge in [0.2, 0.25) is 0 Å². The number of hydrogen-bond donors (Lipinski definition) is 1. The van der Waals surface area contributed by atoms with Gasteiger partial charge in [-0.25, -0.2) is 0 Å². The molecule has 4 nitrogen and oxygen atoms in total. The molecule has 0 spiro atoms. The molecule has 1 aromatic rings. The van der Waals surface area contributed by atoms with Crippen molar-refractivity contribution >= 4 is 0 Å². The predicted molar refractivity (Wildman–Crippen MR) is 98.0 cm³/mol. The second kappa shape index (κ2) is 8.72. The number of piperidine rings is 1. The van der Waals surface area contributed by atoms with Gasteiger partial charge in [0, 0.05) is 19.1 Å². The van der Waals surface area contributed by atoms with Crippen molar-refractivity contribution in [3.8, 4) is 11.5 Å². The SMILES string of the molecule is CCOc1cc2c(cc1OCC)CN(CC[C@H]1CCCCN1)CC2. The lowest BCUT2D eigenvalue weighted by molar-refractivity contribution is 0.228. The summed E-state index contributed by atoms with van der Waals surface area (Å²) < 4.78 is 11.6. The van der Waals surface area contributed by atoms with E-state index in [1.807, 2.05) is 13.8 Å². The quantitative estimate of drug-likeness (QED) is 0.830. The average Bonchev–Trinajstić information content (AvgIpc) is 2.62. The Hall–Kier alpha value is -1.26. The second-order valence-corrected chi connectivity index (χ2v) is 6.90. The average molecular weight is 332 g/mol. The van der Waals surface area contributed by atoms with Gasteiger partial charge in [-0.05, 0) is 75.9 Å². The van der Waals surface area contributed by atoms with Crippen molar-refractivity contribution < 1.29 is 9.47 Å². The molecule has 0 aliphatic carbocycles. The molecule has 1 fully saturated rings. The topological polar surface area (TPSA) is 33.7 Å². The van der Waals surface area contributed by atoms with Crippen LogP contribution in [0.4, 0.5) is 0 Å². The van der Waals surface area contributed by atoms with E-state index in [-0.39, 0.29) is 0 Å². The Kier molecular flexibility index (Phi) is 6.38. The van der Waals surface area contributed by atoms with Gasteiger partial charge in [-0.2, -0.15) is 0 Å². The number of benzene rings is 1. The highest BCUT2D eigenvalue weighted by atomic mass is 16.5. The zero-order chi connectivity index (χ0) is 16.8. The second-order valence-electron chi connectivity index (χ2n) is 6.90. The van der Waals surface area contributed by atoms with Gasteiger partial charge < -0.3 is 14.8 Å². The summed E-state index contributed by atoms with van der Waals surface area (Å²) in [5, 5.41) is 3.66. The van der Waals surface area contributed by atoms with E-state index in [4.69, 9.17) is 9.47 Å². The summed E-state index contributed by atoms with van der Waals surface area (Å²) in [6.45, 7) is 9.98. The van der Waals surface area contributed by atoms with E-state index >= 15 is 0 Å². The summed E-state index contributed by atoms with van der Waals surface area (Å²) in [6.07, 6.45) is 6.45. The van der Waals surface area contributed by atoms with Gasteiger partial charge in [-0.3, -0.25) is 4.90 Å². The number of fused-ring (bicyclic) bond motifs is 1. The molecule has 0 bridgehead atoms. The van der Waals surface area contributed by atoms with E-state index in [1.54, 1.807) is 0 Å². The van der Waals surface area contributed by atoms with Crippen molar-refractivity contribution in [3.63, 3.8) is 0 Å². The standard InChI is InChI=1S/C20H32N2O2/c1-3-23-19-13-16-8-11-22(12-9-18-7-5-6-10-21-18)15-17(16)14-20(19)24-4-2/h13-14,18,21H,3-12,15H2,1-2H3/t18-/m1/s1. The number of nitrogens with zero attached hydrogens (tertiary/aromatic N) is 1. The number of ether oxygens (including phenoxy) is 2. The fraction of sp³-hybridized carbons (Fsp3) is 0.700. The van der Waals surface area contributed by atoms with Crippen LogP contribution < -0.4 is 14.8 Å². The van der Waals surface area contributed by atoms with E-state index in [9.17, 15) is 0 Å². The van der Waals surface area contributed by atoms with E-state index in [0.29, 0.717) is 13.2 Å². The molecule has 1 N–H and O–H groups in total. The van der Waals surface area contributed by atoms with Crippen molar-refractivity contribution in [2.75, 3.05) is 32.8 Å². The molecule has 0 radical (unpaired) electrons. The Bertz CT molecular complexity index is 527. The molecule has 2 aliphatic heterocycles. The molecule has 0 saturated carbocycles. The van der Waals surface area contributed by atoms with Crippen LogP contribution in [0.25, 0.3) is 0 Å². The van der Waals surface area contributed by atoms with Crippen LogP contribution in [-0.2, 0) is 13.0 Å². The Labute approximate surface area is 146 Å². The molecule has 1 aromatic carbocycles. The number of rotatable bonds is 7. The van der Waals surface area contributed by atoms with E-state index in [2.05, 4.69) is 22.3 Å². The monoisotopic (exact) mass is 332 g/mol. The summed E-state index contributed by atoms with van der Waals surface area (Å²) in [4.78, 5) is 2.59. The largest absolute Gasteiger partial charge is 0.490 e. The maximum Gasteiger partial charge on any atom is 0.161 e. The van der Waals surface area contributed by atoms with E-state index < -0.39 is 0 Å². The molecule has 4 heteroatoms. The van der Waals surface area contributed by atoms with Crippen LogP contribution in [0.1, 0.15) is 50.7 Å². The van der Waals surface area contributed by atoms with Gasteiger partial charge in [0.05, 0.1) is 13.2 Å². The lowest BCUT2D eigenvalue weighted by atomic mass is 9.97. The van der Waals surface area contributed by atoms with Gasteiger partial charge >= 0.3 is 0 Å². The third kappa shape index (κ3) is 4.42. The summed E-state index contributed by atoms with van der Waals surface area (Å²) in [5.74, 6) is 1.80. The van der Waals surface area contributed by atoms with Crippen LogP contribution in [0.15, 0.2) is 12.1 Å². The van der Waals surface area contributed by atoms with Gasteiger partial charge in [0.25, 0.3) is 0 Å². The van der Waals surface area contributed by atoms with Crippen molar-refractivity contribution in [2.45, 2.75) is 58.5 Å². The highest BCUT2D eigenvalue weighted by Gasteiger charge is 2.21. The molecule has 3 rings (SSSR count). The first-order valence-electron chi connectivity index (χ1n) is 9.67. The summed E-state index contributed by atoms with van der Waals surface area (Å²) >= 11 is 0. The molecule has 1 atom stereocenters. The Morgan fingerprint density at radius 1 is 1.08 bits per heavy atom. The Balaban J connectivity index is 1.62. The zero-order valence-electron chi connectivity index (χ0n) is 15.3. The van der Waals surface area contributed by atoms with Crippen molar-refractivity contribution in [3.05, 3.63) is 23.3 Å². The normalized spacial score (nSPS) is 21.3. The first-order valence-corrected chi connectivity index (χ1v) is 9.67. The van der Waals surface area contributed by atoms with Gasteiger partial charge in [0.1, 0.15) is 0 Å².